The number of unbranched alkanes of at least 4 members (excludes halogenated alkanes) is 2. The van der Waals surface area contributed by atoms with Crippen molar-refractivity contribution in [2.45, 2.75) is 66.8 Å². The van der Waals surface area contributed by atoms with Crippen molar-refractivity contribution >= 4 is 5.91 Å². The van der Waals surface area contributed by atoms with Gasteiger partial charge < -0.3 is 5.32 Å². The Balaban J connectivity index is 2.58. The molecule has 1 aromatic rings. The van der Waals surface area contributed by atoms with Crippen molar-refractivity contribution in [3.8, 4) is 0 Å². The average Bonchev–Trinajstić information content (AvgIpc) is 2.62. The summed E-state index contributed by atoms with van der Waals surface area (Å²) in [5.41, 5.74) is 3.19. The summed E-state index contributed by atoms with van der Waals surface area (Å²) in [6.07, 6.45) is 3.86. The van der Waals surface area contributed by atoms with Crippen LogP contribution in [0, 0.1) is 19.8 Å². The lowest BCUT2D eigenvalue weighted by atomic mass is 10.1. The SMILES string of the molecule is CCCCCNC(=O)Cc1c(C)nn(CC(C)C)c1C. The number of nitrogens with zero attached hydrogens (tertiary/aromatic N) is 2. The maximum atomic E-state index is 12.0. The lowest BCUT2D eigenvalue weighted by Gasteiger charge is -2.08. The minimum Gasteiger partial charge on any atom is -0.356 e. The van der Waals surface area contributed by atoms with E-state index < -0.39 is 0 Å². The highest BCUT2D eigenvalue weighted by Crippen LogP contribution is 2.15. The zero-order valence-corrected chi connectivity index (χ0v) is 13.6. The second kappa shape index (κ2) is 8.08. The topological polar surface area (TPSA) is 46.9 Å². The third-order valence-corrected chi connectivity index (χ3v) is 3.51. The van der Waals surface area contributed by atoms with Crippen molar-refractivity contribution in [2.75, 3.05) is 6.54 Å². The number of carbonyl (C=O) groups is 1. The molecule has 0 aliphatic rings. The fraction of sp³-hybridized carbons (Fsp3) is 0.750. The van der Waals surface area contributed by atoms with Crippen LogP contribution in [0.1, 0.15) is 57.0 Å². The minimum absolute atomic E-state index is 0.108. The van der Waals surface area contributed by atoms with Gasteiger partial charge in [-0.3, -0.25) is 9.48 Å². The molecule has 0 saturated heterocycles. The molecule has 4 nitrogen and oxygen atoms in total. The van der Waals surface area contributed by atoms with Crippen molar-refractivity contribution < 1.29 is 4.79 Å². The molecule has 0 aromatic carbocycles. The summed E-state index contributed by atoms with van der Waals surface area (Å²) < 4.78 is 2.03. The molecule has 0 unspecified atom stereocenters. The predicted octanol–water partition coefficient (Wildman–Crippen LogP) is 3.00. The number of carbonyl (C=O) groups excluding carboxylic acids is 1. The molecular weight excluding hydrogens is 250 g/mol. The molecule has 1 heterocycles. The molecule has 0 fully saturated rings. The van der Waals surface area contributed by atoms with Gasteiger partial charge in [0.25, 0.3) is 0 Å². The molecule has 1 rings (SSSR count). The number of aromatic nitrogens is 2. The Morgan fingerprint density at radius 3 is 2.60 bits per heavy atom. The van der Waals surface area contributed by atoms with Crippen molar-refractivity contribution in [3.05, 3.63) is 17.0 Å². The minimum atomic E-state index is 0.108. The van der Waals surface area contributed by atoms with E-state index in [1.165, 1.54) is 12.8 Å². The van der Waals surface area contributed by atoms with Crippen molar-refractivity contribution in [3.63, 3.8) is 0 Å². The van der Waals surface area contributed by atoms with Crippen LogP contribution in [0.3, 0.4) is 0 Å². The summed E-state index contributed by atoms with van der Waals surface area (Å²) in [6, 6.07) is 0. The molecular formula is C16H29N3O. The van der Waals surface area contributed by atoms with E-state index in [4.69, 9.17) is 0 Å². The van der Waals surface area contributed by atoms with Crippen LogP contribution in [0.2, 0.25) is 0 Å². The van der Waals surface area contributed by atoms with Gasteiger partial charge in [-0.05, 0) is 26.2 Å². The number of hydrogen-bond donors (Lipinski definition) is 1. The maximum Gasteiger partial charge on any atom is 0.224 e. The molecule has 0 atom stereocenters. The number of amides is 1. The van der Waals surface area contributed by atoms with Crippen LogP contribution in [-0.4, -0.2) is 22.2 Å². The fourth-order valence-corrected chi connectivity index (χ4v) is 2.34. The van der Waals surface area contributed by atoms with Crippen molar-refractivity contribution in [2.24, 2.45) is 5.92 Å². The van der Waals surface area contributed by atoms with E-state index >= 15 is 0 Å². The Hall–Kier alpha value is -1.32. The van der Waals surface area contributed by atoms with Gasteiger partial charge in [0.05, 0.1) is 12.1 Å². The first-order chi connectivity index (χ1) is 9.45. The second-order valence-corrected chi connectivity index (χ2v) is 5.96. The van der Waals surface area contributed by atoms with Crippen LogP contribution in [0.15, 0.2) is 0 Å². The summed E-state index contributed by atoms with van der Waals surface area (Å²) in [5.74, 6) is 0.667. The van der Waals surface area contributed by atoms with E-state index in [1.807, 2.05) is 11.6 Å². The molecule has 1 amide bonds. The first-order valence-corrected chi connectivity index (χ1v) is 7.75. The molecule has 114 valence electrons. The zero-order valence-electron chi connectivity index (χ0n) is 13.6. The summed E-state index contributed by atoms with van der Waals surface area (Å²) in [5, 5.41) is 7.54. The van der Waals surface area contributed by atoms with Gasteiger partial charge in [-0.15, -0.1) is 0 Å². The molecule has 0 aliphatic heterocycles. The van der Waals surface area contributed by atoms with Gasteiger partial charge in [-0.25, -0.2) is 0 Å². The number of rotatable bonds is 8. The predicted molar refractivity (Wildman–Crippen MR) is 82.8 cm³/mol. The largest absolute Gasteiger partial charge is 0.356 e. The highest BCUT2D eigenvalue weighted by Gasteiger charge is 2.15. The Morgan fingerprint density at radius 1 is 1.30 bits per heavy atom. The molecule has 0 aliphatic carbocycles. The molecule has 4 heteroatoms. The van der Waals surface area contributed by atoms with Gasteiger partial charge in [0, 0.05) is 24.3 Å². The van der Waals surface area contributed by atoms with E-state index in [0.717, 1.165) is 36.5 Å². The van der Waals surface area contributed by atoms with E-state index in [2.05, 4.69) is 38.1 Å². The van der Waals surface area contributed by atoms with Gasteiger partial charge in [-0.1, -0.05) is 33.6 Å². The smallest absolute Gasteiger partial charge is 0.224 e. The highest BCUT2D eigenvalue weighted by molar-refractivity contribution is 5.79. The normalized spacial score (nSPS) is 11.1. The van der Waals surface area contributed by atoms with Crippen LogP contribution < -0.4 is 5.32 Å². The summed E-state index contributed by atoms with van der Waals surface area (Å²) in [4.78, 5) is 12.0. The Labute approximate surface area is 122 Å². The Bertz CT molecular complexity index is 435. The molecule has 0 saturated carbocycles. The monoisotopic (exact) mass is 279 g/mol. The molecule has 20 heavy (non-hydrogen) atoms. The van der Waals surface area contributed by atoms with Crippen LogP contribution in [-0.2, 0) is 17.8 Å². The Kier molecular flexibility index (Phi) is 6.76. The number of nitrogens with one attached hydrogen (secondary N) is 1. The molecule has 0 bridgehead atoms. The van der Waals surface area contributed by atoms with Gasteiger partial charge in [-0.2, -0.15) is 5.10 Å². The quantitative estimate of drug-likeness (QED) is 0.744. The fourth-order valence-electron chi connectivity index (χ4n) is 2.34. The average molecular weight is 279 g/mol. The zero-order chi connectivity index (χ0) is 15.1. The standard InChI is InChI=1S/C16H29N3O/c1-6-7-8-9-17-16(20)10-15-13(4)18-19(14(15)5)11-12(2)3/h12H,6-11H2,1-5H3,(H,17,20). The van der Waals surface area contributed by atoms with Crippen LogP contribution in [0.5, 0.6) is 0 Å². The Morgan fingerprint density at radius 2 is 2.00 bits per heavy atom. The van der Waals surface area contributed by atoms with Crippen LogP contribution >= 0.6 is 0 Å². The second-order valence-electron chi connectivity index (χ2n) is 5.96. The summed E-state index contributed by atoms with van der Waals surface area (Å²) >= 11 is 0. The maximum absolute atomic E-state index is 12.0. The summed E-state index contributed by atoms with van der Waals surface area (Å²) in [7, 11) is 0. The van der Waals surface area contributed by atoms with E-state index in [0.29, 0.717) is 12.3 Å². The van der Waals surface area contributed by atoms with Gasteiger partial charge in [0.15, 0.2) is 0 Å². The van der Waals surface area contributed by atoms with Gasteiger partial charge in [0.2, 0.25) is 5.91 Å². The lowest BCUT2D eigenvalue weighted by Crippen LogP contribution is -2.26. The first kappa shape index (κ1) is 16.7. The molecule has 0 spiro atoms. The highest BCUT2D eigenvalue weighted by atomic mass is 16.1. The van der Waals surface area contributed by atoms with Crippen molar-refractivity contribution in [1.82, 2.24) is 15.1 Å². The third kappa shape index (κ3) is 4.99. The van der Waals surface area contributed by atoms with Crippen LogP contribution in [0.25, 0.3) is 0 Å². The molecule has 0 radical (unpaired) electrons. The van der Waals surface area contributed by atoms with Crippen molar-refractivity contribution in [1.29, 1.82) is 0 Å². The van der Waals surface area contributed by atoms with E-state index in [1.54, 1.807) is 0 Å². The van der Waals surface area contributed by atoms with Crippen LogP contribution in [0.4, 0.5) is 0 Å². The molecule has 1 N–H and O–H groups in total. The van der Waals surface area contributed by atoms with E-state index in [-0.39, 0.29) is 5.91 Å². The number of hydrogen-bond acceptors (Lipinski definition) is 2. The summed E-state index contributed by atoms with van der Waals surface area (Å²) in [6.45, 7) is 12.3. The van der Waals surface area contributed by atoms with E-state index in [9.17, 15) is 4.79 Å². The lowest BCUT2D eigenvalue weighted by molar-refractivity contribution is -0.120. The first-order valence-electron chi connectivity index (χ1n) is 7.75. The number of aryl methyl sites for hydroxylation is 1. The third-order valence-electron chi connectivity index (χ3n) is 3.51. The van der Waals surface area contributed by atoms with Gasteiger partial charge >= 0.3 is 0 Å². The van der Waals surface area contributed by atoms with Gasteiger partial charge in [0.1, 0.15) is 0 Å². The molecule has 1 aromatic heterocycles.